The molecule has 0 saturated carbocycles. The van der Waals surface area contributed by atoms with Crippen molar-refractivity contribution in [2.24, 2.45) is 0 Å². The van der Waals surface area contributed by atoms with Crippen molar-refractivity contribution in [1.29, 1.82) is 0 Å². The summed E-state index contributed by atoms with van der Waals surface area (Å²) in [5.41, 5.74) is 4.90. The maximum absolute atomic E-state index is 6.19. The van der Waals surface area contributed by atoms with E-state index < -0.39 is 0 Å². The van der Waals surface area contributed by atoms with E-state index in [1.807, 2.05) is 25.1 Å². The average molecular weight is 352 g/mol. The van der Waals surface area contributed by atoms with Crippen LogP contribution in [0, 0.1) is 13.8 Å². The molecule has 0 amide bonds. The van der Waals surface area contributed by atoms with Crippen LogP contribution >= 0.6 is 27.5 Å². The van der Waals surface area contributed by atoms with Crippen molar-refractivity contribution < 1.29 is 4.74 Å². The first kappa shape index (κ1) is 14.0. The number of rotatable bonds is 2. The number of hydrogen-bond donors (Lipinski definition) is 0. The van der Waals surface area contributed by atoms with Gasteiger partial charge in [-0.2, -0.15) is 0 Å². The Bertz CT molecular complexity index is 653. The molecule has 3 rings (SSSR count). The second-order valence-corrected chi connectivity index (χ2v) is 6.71. The van der Waals surface area contributed by atoms with Gasteiger partial charge in [-0.3, -0.25) is 0 Å². The highest BCUT2D eigenvalue weighted by atomic mass is 79.9. The molecule has 2 atom stereocenters. The van der Waals surface area contributed by atoms with Crippen LogP contribution in [0.4, 0.5) is 0 Å². The molecule has 1 nitrogen and oxygen atoms in total. The van der Waals surface area contributed by atoms with Gasteiger partial charge in [0.15, 0.2) is 0 Å². The van der Waals surface area contributed by atoms with E-state index >= 15 is 0 Å². The molecule has 1 heterocycles. The lowest BCUT2D eigenvalue weighted by molar-refractivity contribution is 0.329. The number of benzene rings is 2. The highest BCUT2D eigenvalue weighted by Gasteiger charge is 2.31. The smallest absolute Gasteiger partial charge is 0.122 e. The van der Waals surface area contributed by atoms with Crippen molar-refractivity contribution in [3.8, 4) is 5.75 Å². The molecule has 2 unspecified atom stereocenters. The van der Waals surface area contributed by atoms with Gasteiger partial charge in [-0.25, -0.2) is 0 Å². The van der Waals surface area contributed by atoms with Gasteiger partial charge < -0.3 is 4.74 Å². The van der Waals surface area contributed by atoms with E-state index in [1.54, 1.807) is 0 Å². The largest absolute Gasteiger partial charge is 0.493 e. The highest BCUT2D eigenvalue weighted by Crippen LogP contribution is 2.46. The van der Waals surface area contributed by atoms with Crippen LogP contribution in [0.15, 0.2) is 36.4 Å². The van der Waals surface area contributed by atoms with Crippen LogP contribution < -0.4 is 4.74 Å². The van der Waals surface area contributed by atoms with Gasteiger partial charge in [-0.15, -0.1) is 0 Å². The van der Waals surface area contributed by atoms with Crippen LogP contribution in [-0.4, -0.2) is 6.61 Å². The van der Waals surface area contributed by atoms with Crippen LogP contribution in [0.1, 0.15) is 33.0 Å². The first-order chi connectivity index (χ1) is 9.58. The molecular weight excluding hydrogens is 336 g/mol. The van der Waals surface area contributed by atoms with E-state index in [2.05, 4.69) is 41.1 Å². The molecule has 0 aliphatic carbocycles. The summed E-state index contributed by atoms with van der Waals surface area (Å²) in [5, 5.41) is 0.828. The Balaban J connectivity index is 1.98. The Morgan fingerprint density at radius 2 is 1.95 bits per heavy atom. The Labute approximate surface area is 133 Å². The monoisotopic (exact) mass is 350 g/mol. The average Bonchev–Trinajstić information content (AvgIpc) is 2.86. The molecule has 0 spiro atoms. The normalized spacial score (nSPS) is 18.5. The van der Waals surface area contributed by atoms with E-state index in [1.165, 1.54) is 16.7 Å². The van der Waals surface area contributed by atoms with Gasteiger partial charge >= 0.3 is 0 Å². The second kappa shape index (κ2) is 5.42. The number of fused-ring (bicyclic) bond motifs is 1. The molecule has 3 heteroatoms. The fraction of sp³-hybridized carbons (Fsp3) is 0.294. The third-order valence-electron chi connectivity index (χ3n) is 3.93. The van der Waals surface area contributed by atoms with Crippen molar-refractivity contribution in [3.63, 3.8) is 0 Å². The summed E-state index contributed by atoms with van der Waals surface area (Å²) in [5.74, 6) is 1.34. The lowest BCUT2D eigenvalue weighted by Gasteiger charge is -2.20. The van der Waals surface area contributed by atoms with E-state index in [9.17, 15) is 0 Å². The molecule has 1 aliphatic rings. The SMILES string of the molecule is Cc1cc(C(Br)C2COc3ccccc32)c(C)cc1Cl. The van der Waals surface area contributed by atoms with Gasteiger partial charge in [0.1, 0.15) is 5.75 Å². The van der Waals surface area contributed by atoms with Crippen LogP contribution in [0.2, 0.25) is 5.02 Å². The van der Waals surface area contributed by atoms with Crippen LogP contribution in [0.3, 0.4) is 0 Å². The van der Waals surface area contributed by atoms with Gasteiger partial charge in [-0.05, 0) is 42.7 Å². The van der Waals surface area contributed by atoms with Gasteiger partial charge in [0.25, 0.3) is 0 Å². The molecule has 1 aliphatic heterocycles. The van der Waals surface area contributed by atoms with E-state index in [0.717, 1.165) is 22.9 Å². The standard InChI is InChI=1S/C17H16BrClO/c1-10-8-15(19)11(2)7-13(10)17(18)14-9-20-16-6-4-3-5-12(14)16/h3-8,14,17H,9H2,1-2H3. The first-order valence-electron chi connectivity index (χ1n) is 6.70. The van der Waals surface area contributed by atoms with E-state index in [-0.39, 0.29) is 4.83 Å². The van der Waals surface area contributed by atoms with Crippen LogP contribution in [0.25, 0.3) is 0 Å². The van der Waals surface area contributed by atoms with Gasteiger partial charge in [0.05, 0.1) is 11.4 Å². The molecule has 2 aromatic rings. The number of halogens is 2. The summed E-state index contributed by atoms with van der Waals surface area (Å²) < 4.78 is 5.79. The van der Waals surface area contributed by atoms with Crippen LogP contribution in [0.5, 0.6) is 5.75 Å². The van der Waals surface area contributed by atoms with Gasteiger partial charge in [-0.1, -0.05) is 51.8 Å². The summed E-state index contributed by atoms with van der Waals surface area (Å²) >= 11 is 10.1. The third-order valence-corrected chi connectivity index (χ3v) is 5.47. The molecule has 0 aromatic heterocycles. The summed E-state index contributed by atoms with van der Waals surface area (Å²) in [7, 11) is 0. The highest BCUT2D eigenvalue weighted by molar-refractivity contribution is 9.09. The summed E-state index contributed by atoms with van der Waals surface area (Å²) in [6.07, 6.45) is 0. The van der Waals surface area contributed by atoms with Crippen molar-refractivity contribution >= 4 is 27.5 Å². The number of para-hydroxylation sites is 1. The number of alkyl halides is 1. The molecule has 20 heavy (non-hydrogen) atoms. The minimum atomic E-state index is 0.238. The Morgan fingerprint density at radius 3 is 2.75 bits per heavy atom. The molecule has 0 fully saturated rings. The zero-order valence-corrected chi connectivity index (χ0v) is 13.8. The molecule has 0 bridgehead atoms. The van der Waals surface area contributed by atoms with Crippen molar-refractivity contribution in [2.75, 3.05) is 6.61 Å². The number of hydrogen-bond acceptors (Lipinski definition) is 1. The second-order valence-electron chi connectivity index (χ2n) is 5.32. The van der Waals surface area contributed by atoms with E-state index in [0.29, 0.717) is 5.92 Å². The zero-order valence-electron chi connectivity index (χ0n) is 11.5. The quantitative estimate of drug-likeness (QED) is 0.643. The maximum atomic E-state index is 6.19. The summed E-state index contributed by atoms with van der Waals surface area (Å²) in [6, 6.07) is 12.5. The predicted molar refractivity (Wildman–Crippen MR) is 87.3 cm³/mol. The molecule has 2 aromatic carbocycles. The lowest BCUT2D eigenvalue weighted by atomic mass is 9.91. The first-order valence-corrected chi connectivity index (χ1v) is 7.99. The number of ether oxygens (including phenoxy) is 1. The maximum Gasteiger partial charge on any atom is 0.122 e. The number of aryl methyl sites for hydroxylation is 2. The topological polar surface area (TPSA) is 9.23 Å². The summed E-state index contributed by atoms with van der Waals surface area (Å²) in [6.45, 7) is 4.87. The van der Waals surface area contributed by atoms with Gasteiger partial charge in [0.2, 0.25) is 0 Å². The lowest BCUT2D eigenvalue weighted by Crippen LogP contribution is -2.09. The van der Waals surface area contributed by atoms with Crippen molar-refractivity contribution in [2.45, 2.75) is 24.6 Å². The molecule has 0 N–H and O–H groups in total. The third kappa shape index (κ3) is 2.36. The minimum Gasteiger partial charge on any atom is -0.493 e. The fourth-order valence-electron chi connectivity index (χ4n) is 2.75. The predicted octanol–water partition coefficient (Wildman–Crippen LogP) is 5.57. The summed E-state index contributed by atoms with van der Waals surface area (Å²) in [4.78, 5) is 0.238. The Hall–Kier alpha value is -0.990. The fourth-order valence-corrected chi connectivity index (χ4v) is 3.90. The van der Waals surface area contributed by atoms with Crippen molar-refractivity contribution in [1.82, 2.24) is 0 Å². The molecular formula is C17H16BrClO. The molecule has 0 radical (unpaired) electrons. The molecule has 104 valence electrons. The molecule has 0 saturated heterocycles. The Kier molecular flexibility index (Phi) is 3.78. The van der Waals surface area contributed by atoms with E-state index in [4.69, 9.17) is 16.3 Å². The Morgan fingerprint density at radius 1 is 1.20 bits per heavy atom. The minimum absolute atomic E-state index is 0.238. The van der Waals surface area contributed by atoms with Crippen molar-refractivity contribution in [3.05, 3.63) is 63.7 Å². The van der Waals surface area contributed by atoms with Gasteiger partial charge in [0, 0.05) is 16.5 Å². The zero-order chi connectivity index (χ0) is 14.3. The van der Waals surface area contributed by atoms with Crippen LogP contribution in [-0.2, 0) is 0 Å².